The predicted octanol–water partition coefficient (Wildman–Crippen LogP) is 3.64. The summed E-state index contributed by atoms with van der Waals surface area (Å²) in [4.78, 5) is 30.0. The van der Waals surface area contributed by atoms with Crippen LogP contribution in [0, 0.1) is 6.92 Å². The van der Waals surface area contributed by atoms with Gasteiger partial charge in [-0.05, 0) is 31.5 Å². The molecule has 0 aromatic heterocycles. The number of benzene rings is 2. The average molecular weight is 469 g/mol. The number of halogens is 1. The molecular formula is C25H29ClN4O3. The highest BCUT2D eigenvalue weighted by molar-refractivity contribution is 6.33. The van der Waals surface area contributed by atoms with E-state index >= 15 is 0 Å². The minimum Gasteiger partial charge on any atom is -0.463 e. The van der Waals surface area contributed by atoms with E-state index < -0.39 is 12.0 Å². The van der Waals surface area contributed by atoms with Crippen LogP contribution in [0.2, 0.25) is 5.02 Å². The van der Waals surface area contributed by atoms with Gasteiger partial charge in [0.25, 0.3) is 0 Å². The number of nitrogens with zero attached hydrogens (tertiary/aromatic N) is 2. The number of para-hydroxylation sites is 1. The molecule has 0 unspecified atom stereocenters. The number of nitrogens with one attached hydrogen (secondary N) is 2. The number of esters is 1. The normalized spacial score (nSPS) is 19.2. The molecule has 2 aromatic rings. The molecule has 2 aliphatic heterocycles. The summed E-state index contributed by atoms with van der Waals surface area (Å²) in [6.45, 7) is 7.68. The van der Waals surface area contributed by atoms with Gasteiger partial charge in [-0.25, -0.2) is 9.59 Å². The van der Waals surface area contributed by atoms with E-state index in [0.717, 1.165) is 48.0 Å². The van der Waals surface area contributed by atoms with E-state index in [1.165, 1.54) is 0 Å². The second-order valence-electron chi connectivity index (χ2n) is 8.27. The Morgan fingerprint density at radius 3 is 2.45 bits per heavy atom. The van der Waals surface area contributed by atoms with Gasteiger partial charge >= 0.3 is 12.0 Å². The molecule has 7 nitrogen and oxygen atoms in total. The number of anilines is 1. The molecule has 1 fully saturated rings. The third-order valence-corrected chi connectivity index (χ3v) is 6.33. The molecular weight excluding hydrogens is 440 g/mol. The van der Waals surface area contributed by atoms with Crippen LogP contribution in [0.5, 0.6) is 0 Å². The van der Waals surface area contributed by atoms with Crippen molar-refractivity contribution < 1.29 is 14.3 Å². The smallest absolute Gasteiger partial charge is 0.338 e. The Morgan fingerprint density at radius 2 is 1.79 bits per heavy atom. The van der Waals surface area contributed by atoms with E-state index in [1.54, 1.807) is 6.92 Å². The molecule has 8 heteroatoms. The molecule has 0 radical (unpaired) electrons. The van der Waals surface area contributed by atoms with Crippen LogP contribution in [0.25, 0.3) is 0 Å². The van der Waals surface area contributed by atoms with Gasteiger partial charge in [0, 0.05) is 38.4 Å². The van der Waals surface area contributed by atoms with Crippen molar-refractivity contribution >= 4 is 29.3 Å². The number of piperazine rings is 1. The average Bonchev–Trinajstić information content (AvgIpc) is 2.80. The van der Waals surface area contributed by atoms with Gasteiger partial charge in [0.1, 0.15) is 0 Å². The number of hydrogen-bond acceptors (Lipinski definition) is 5. The van der Waals surface area contributed by atoms with Crippen LogP contribution in [-0.2, 0) is 9.53 Å². The minimum absolute atomic E-state index is 0.265. The number of ether oxygens (including phenoxy) is 1. The van der Waals surface area contributed by atoms with Gasteiger partial charge in [0.05, 0.1) is 28.9 Å². The summed E-state index contributed by atoms with van der Waals surface area (Å²) in [6, 6.07) is 14.8. The fourth-order valence-corrected chi connectivity index (χ4v) is 4.54. The van der Waals surface area contributed by atoms with E-state index in [9.17, 15) is 9.59 Å². The number of carbonyl (C=O) groups excluding carboxylic acids is 2. The molecule has 0 spiro atoms. The summed E-state index contributed by atoms with van der Waals surface area (Å²) >= 11 is 6.36. The van der Waals surface area contributed by atoms with E-state index in [4.69, 9.17) is 16.3 Å². The Kier molecular flexibility index (Phi) is 7.20. The third kappa shape index (κ3) is 5.31. The van der Waals surface area contributed by atoms with Crippen LogP contribution >= 0.6 is 11.6 Å². The van der Waals surface area contributed by atoms with Gasteiger partial charge in [0.15, 0.2) is 0 Å². The van der Waals surface area contributed by atoms with Gasteiger partial charge in [-0.1, -0.05) is 53.6 Å². The second kappa shape index (κ2) is 10.3. The Bertz CT molecular complexity index is 1050. The van der Waals surface area contributed by atoms with Crippen molar-refractivity contribution in [3.05, 3.63) is 76.0 Å². The maximum absolute atomic E-state index is 13.0. The lowest BCUT2D eigenvalue weighted by Crippen LogP contribution is -2.51. The zero-order chi connectivity index (χ0) is 23.4. The van der Waals surface area contributed by atoms with Crippen LogP contribution in [-0.4, -0.2) is 56.2 Å². The summed E-state index contributed by atoms with van der Waals surface area (Å²) in [6.07, 6.45) is 0. The van der Waals surface area contributed by atoms with Crippen molar-refractivity contribution in [3.63, 3.8) is 0 Å². The van der Waals surface area contributed by atoms with E-state index in [1.807, 2.05) is 55.5 Å². The molecule has 0 bridgehead atoms. The highest BCUT2D eigenvalue weighted by Gasteiger charge is 2.34. The largest absolute Gasteiger partial charge is 0.463 e. The predicted molar refractivity (Wildman–Crippen MR) is 129 cm³/mol. The molecule has 0 saturated carbocycles. The van der Waals surface area contributed by atoms with Crippen LogP contribution in [0.1, 0.15) is 24.1 Å². The standard InChI is InChI=1S/C25H29ClN4O3/c1-3-33-24(31)22-20(27-25(32)28-23(22)18-10-8-17(2)9-11-18)16-29-12-14-30(15-13-29)21-7-5-4-6-19(21)26/h4-11,23H,3,12-16H2,1-2H3,(H2,27,28,32)/t23-/m1/s1. The quantitative estimate of drug-likeness (QED) is 0.633. The van der Waals surface area contributed by atoms with Gasteiger partial charge in [-0.15, -0.1) is 0 Å². The van der Waals surface area contributed by atoms with Crippen molar-refractivity contribution in [1.82, 2.24) is 15.5 Å². The van der Waals surface area contributed by atoms with Crippen molar-refractivity contribution in [1.29, 1.82) is 0 Å². The van der Waals surface area contributed by atoms with Gasteiger partial charge in [-0.3, -0.25) is 4.90 Å². The summed E-state index contributed by atoms with van der Waals surface area (Å²) in [5.74, 6) is -0.416. The summed E-state index contributed by atoms with van der Waals surface area (Å²) in [7, 11) is 0. The molecule has 4 rings (SSSR count). The number of urea groups is 1. The molecule has 0 aliphatic carbocycles. The highest BCUT2D eigenvalue weighted by atomic mass is 35.5. The second-order valence-corrected chi connectivity index (χ2v) is 8.68. The first-order valence-electron chi connectivity index (χ1n) is 11.2. The van der Waals surface area contributed by atoms with Crippen LogP contribution in [0.4, 0.5) is 10.5 Å². The summed E-state index contributed by atoms with van der Waals surface area (Å²) in [5, 5.41) is 6.50. The summed E-state index contributed by atoms with van der Waals surface area (Å²) in [5.41, 5.74) is 4.03. The minimum atomic E-state index is -0.558. The van der Waals surface area contributed by atoms with E-state index in [0.29, 0.717) is 17.8 Å². The topological polar surface area (TPSA) is 73.9 Å². The first-order valence-corrected chi connectivity index (χ1v) is 11.6. The zero-order valence-electron chi connectivity index (χ0n) is 18.9. The lowest BCUT2D eigenvalue weighted by Gasteiger charge is -2.38. The van der Waals surface area contributed by atoms with Crippen molar-refractivity contribution in [2.45, 2.75) is 19.9 Å². The zero-order valence-corrected chi connectivity index (χ0v) is 19.7. The number of aryl methyl sites for hydroxylation is 1. The van der Waals surface area contributed by atoms with Gasteiger partial charge < -0.3 is 20.3 Å². The Morgan fingerprint density at radius 1 is 1.09 bits per heavy atom. The molecule has 2 heterocycles. The van der Waals surface area contributed by atoms with E-state index in [2.05, 4.69) is 20.4 Å². The fraction of sp³-hybridized carbons (Fsp3) is 0.360. The number of rotatable bonds is 6. The van der Waals surface area contributed by atoms with E-state index in [-0.39, 0.29) is 12.6 Å². The molecule has 2 amide bonds. The Labute approximate surface area is 199 Å². The monoisotopic (exact) mass is 468 g/mol. The fourth-order valence-electron chi connectivity index (χ4n) is 4.28. The third-order valence-electron chi connectivity index (χ3n) is 6.01. The van der Waals surface area contributed by atoms with Crippen LogP contribution < -0.4 is 15.5 Å². The maximum Gasteiger partial charge on any atom is 0.338 e. The Balaban J connectivity index is 1.56. The molecule has 33 heavy (non-hydrogen) atoms. The van der Waals surface area contributed by atoms with Crippen molar-refractivity contribution in [2.24, 2.45) is 0 Å². The Hall–Kier alpha value is -3.03. The molecule has 1 atom stereocenters. The maximum atomic E-state index is 13.0. The molecule has 1 saturated heterocycles. The van der Waals surface area contributed by atoms with Gasteiger partial charge in [-0.2, -0.15) is 0 Å². The SMILES string of the molecule is CCOC(=O)C1=C(CN2CCN(c3ccccc3Cl)CC2)NC(=O)N[C@@H]1c1ccc(C)cc1. The lowest BCUT2D eigenvalue weighted by atomic mass is 9.94. The van der Waals surface area contributed by atoms with Gasteiger partial charge in [0.2, 0.25) is 0 Å². The molecule has 2 N–H and O–H groups in total. The van der Waals surface area contributed by atoms with Crippen molar-refractivity contribution in [3.8, 4) is 0 Å². The van der Waals surface area contributed by atoms with Crippen LogP contribution in [0.15, 0.2) is 59.8 Å². The molecule has 174 valence electrons. The first kappa shape index (κ1) is 23.1. The number of carbonyl (C=O) groups is 2. The molecule has 2 aliphatic rings. The highest BCUT2D eigenvalue weighted by Crippen LogP contribution is 2.29. The van der Waals surface area contributed by atoms with Crippen molar-refractivity contribution in [2.75, 3.05) is 44.2 Å². The lowest BCUT2D eigenvalue weighted by molar-refractivity contribution is -0.139. The van der Waals surface area contributed by atoms with Crippen LogP contribution in [0.3, 0.4) is 0 Å². The first-order chi connectivity index (χ1) is 16.0. The molecule has 2 aromatic carbocycles. The number of hydrogen-bond donors (Lipinski definition) is 2. The number of amides is 2. The summed E-state index contributed by atoms with van der Waals surface area (Å²) < 4.78 is 5.37.